The van der Waals surface area contributed by atoms with Crippen LogP contribution in [0.15, 0.2) is 36.5 Å². The maximum atomic E-state index is 11.1. The van der Waals surface area contributed by atoms with E-state index in [2.05, 4.69) is 10.3 Å². The third-order valence-corrected chi connectivity index (χ3v) is 3.09. The molecule has 7 nitrogen and oxygen atoms in total. The van der Waals surface area contributed by atoms with Crippen LogP contribution in [0.1, 0.15) is 15.9 Å². The number of halogens is 1. The summed E-state index contributed by atoms with van der Waals surface area (Å²) in [6.07, 6.45) is 1.00. The summed E-state index contributed by atoms with van der Waals surface area (Å²) in [6, 6.07) is 8.02. The van der Waals surface area contributed by atoms with Crippen molar-refractivity contribution in [1.82, 2.24) is 4.98 Å². The third kappa shape index (κ3) is 3.46. The van der Waals surface area contributed by atoms with Crippen LogP contribution in [0.5, 0.6) is 0 Å². The van der Waals surface area contributed by atoms with Gasteiger partial charge in [-0.2, -0.15) is 0 Å². The summed E-state index contributed by atoms with van der Waals surface area (Å²) in [5.74, 6) is -1.25. The molecule has 2 aromatic rings. The van der Waals surface area contributed by atoms with Crippen LogP contribution in [0, 0.1) is 10.1 Å². The first kappa shape index (κ1) is 14.7. The molecule has 0 unspecified atom stereocenters. The fraction of sp³-hybridized carbons (Fsp3) is 0.0769. The molecule has 0 aliphatic carbocycles. The van der Waals surface area contributed by atoms with Gasteiger partial charge in [-0.1, -0.05) is 29.8 Å². The summed E-state index contributed by atoms with van der Waals surface area (Å²) < 4.78 is 0. The van der Waals surface area contributed by atoms with Crippen molar-refractivity contribution in [2.75, 3.05) is 5.32 Å². The molecule has 21 heavy (non-hydrogen) atoms. The molecule has 0 fully saturated rings. The number of anilines is 1. The molecule has 1 aromatic heterocycles. The summed E-state index contributed by atoms with van der Waals surface area (Å²) in [6.45, 7) is 0.255. The van der Waals surface area contributed by atoms with Gasteiger partial charge in [0.25, 0.3) is 5.69 Å². The Labute approximate surface area is 124 Å². The molecule has 0 radical (unpaired) electrons. The number of carbonyl (C=O) groups is 1. The van der Waals surface area contributed by atoms with E-state index in [-0.39, 0.29) is 23.6 Å². The number of aromatic nitrogens is 1. The van der Waals surface area contributed by atoms with Crippen molar-refractivity contribution in [1.29, 1.82) is 0 Å². The number of carboxylic acids is 1. The van der Waals surface area contributed by atoms with Crippen molar-refractivity contribution in [3.05, 3.63) is 62.8 Å². The van der Waals surface area contributed by atoms with E-state index in [1.807, 2.05) is 0 Å². The van der Waals surface area contributed by atoms with E-state index in [9.17, 15) is 14.9 Å². The Balaban J connectivity index is 2.26. The Morgan fingerprint density at radius 3 is 2.76 bits per heavy atom. The van der Waals surface area contributed by atoms with Gasteiger partial charge in [-0.05, 0) is 11.6 Å². The first-order valence-corrected chi connectivity index (χ1v) is 6.22. The zero-order valence-corrected chi connectivity index (χ0v) is 11.4. The predicted molar refractivity (Wildman–Crippen MR) is 76.6 cm³/mol. The van der Waals surface area contributed by atoms with E-state index >= 15 is 0 Å². The monoisotopic (exact) mass is 307 g/mol. The molecule has 0 aliphatic rings. The van der Waals surface area contributed by atoms with Gasteiger partial charge in [-0.15, -0.1) is 0 Å². The highest BCUT2D eigenvalue weighted by Crippen LogP contribution is 2.21. The van der Waals surface area contributed by atoms with Gasteiger partial charge in [-0.3, -0.25) is 10.1 Å². The van der Waals surface area contributed by atoms with Crippen LogP contribution in [0.25, 0.3) is 0 Å². The lowest BCUT2D eigenvalue weighted by molar-refractivity contribution is -0.385. The second-order valence-corrected chi connectivity index (χ2v) is 4.50. The zero-order chi connectivity index (χ0) is 15.4. The van der Waals surface area contributed by atoms with Crippen LogP contribution in [0.3, 0.4) is 0 Å². The molecule has 0 atom stereocenters. The number of aromatic carboxylic acids is 1. The highest BCUT2D eigenvalue weighted by molar-refractivity contribution is 6.31. The largest absolute Gasteiger partial charge is 0.478 e. The molecule has 2 N–H and O–H groups in total. The average molecular weight is 308 g/mol. The maximum absolute atomic E-state index is 11.1. The van der Waals surface area contributed by atoms with Gasteiger partial charge in [0, 0.05) is 17.6 Å². The second-order valence-electron chi connectivity index (χ2n) is 4.10. The van der Waals surface area contributed by atoms with Crippen LogP contribution in [0.2, 0.25) is 5.02 Å². The molecule has 0 aliphatic heterocycles. The lowest BCUT2D eigenvalue weighted by Crippen LogP contribution is -2.09. The molecule has 2 rings (SSSR count). The standard InChI is InChI=1S/C13H10ClN3O4/c14-11-4-2-1-3-8(11)6-15-12-10(13(18)19)5-9(7-16-12)17(20)21/h1-5,7H,6H2,(H,15,16)(H,18,19). The molecule has 1 heterocycles. The van der Waals surface area contributed by atoms with E-state index in [1.165, 1.54) is 0 Å². The van der Waals surface area contributed by atoms with Crippen LogP contribution in [0.4, 0.5) is 11.5 Å². The second kappa shape index (κ2) is 6.19. The van der Waals surface area contributed by atoms with Crippen molar-refractivity contribution >= 4 is 29.1 Å². The minimum atomic E-state index is -1.30. The minimum Gasteiger partial charge on any atom is -0.478 e. The molecule has 0 saturated carbocycles. The molecule has 0 bridgehead atoms. The van der Waals surface area contributed by atoms with Crippen molar-refractivity contribution in [3.63, 3.8) is 0 Å². The Hall–Kier alpha value is -2.67. The highest BCUT2D eigenvalue weighted by atomic mass is 35.5. The lowest BCUT2D eigenvalue weighted by Gasteiger charge is -2.09. The number of nitro groups is 1. The summed E-state index contributed by atoms with van der Waals surface area (Å²) >= 11 is 5.99. The minimum absolute atomic E-state index is 0.0491. The molecule has 0 amide bonds. The van der Waals surface area contributed by atoms with E-state index in [0.717, 1.165) is 17.8 Å². The van der Waals surface area contributed by atoms with Gasteiger partial charge < -0.3 is 10.4 Å². The van der Waals surface area contributed by atoms with Gasteiger partial charge in [0.1, 0.15) is 17.6 Å². The van der Waals surface area contributed by atoms with Gasteiger partial charge in [0.2, 0.25) is 0 Å². The normalized spacial score (nSPS) is 10.1. The number of rotatable bonds is 5. The van der Waals surface area contributed by atoms with E-state index in [4.69, 9.17) is 16.7 Å². The van der Waals surface area contributed by atoms with Crippen LogP contribution >= 0.6 is 11.6 Å². The lowest BCUT2D eigenvalue weighted by atomic mass is 10.2. The average Bonchev–Trinajstić information content (AvgIpc) is 2.46. The molecule has 1 aromatic carbocycles. The SMILES string of the molecule is O=C(O)c1cc([N+](=O)[O-])cnc1NCc1ccccc1Cl. The van der Waals surface area contributed by atoms with Crippen LogP contribution in [-0.2, 0) is 6.54 Å². The fourth-order valence-electron chi connectivity index (χ4n) is 1.68. The summed E-state index contributed by atoms with van der Waals surface area (Å²) in [5.41, 5.74) is 0.114. The predicted octanol–water partition coefficient (Wildman–Crippen LogP) is 2.95. The third-order valence-electron chi connectivity index (χ3n) is 2.72. The molecule has 108 valence electrons. The van der Waals surface area contributed by atoms with Crippen molar-refractivity contribution in [2.45, 2.75) is 6.54 Å². The van der Waals surface area contributed by atoms with Gasteiger partial charge in [-0.25, -0.2) is 9.78 Å². The summed E-state index contributed by atoms with van der Waals surface area (Å²) in [5, 5.41) is 23.1. The number of nitrogens with zero attached hydrogens (tertiary/aromatic N) is 2. The number of hydrogen-bond acceptors (Lipinski definition) is 5. The smallest absolute Gasteiger partial charge is 0.339 e. The summed E-state index contributed by atoms with van der Waals surface area (Å²) in [7, 11) is 0. The van der Waals surface area contributed by atoms with Gasteiger partial charge in [0.15, 0.2) is 0 Å². The molecular weight excluding hydrogens is 298 g/mol. The Morgan fingerprint density at radius 2 is 2.14 bits per heavy atom. The molecule has 8 heteroatoms. The van der Waals surface area contributed by atoms with Crippen molar-refractivity contribution in [3.8, 4) is 0 Å². The van der Waals surface area contributed by atoms with Gasteiger partial charge in [0.05, 0.1) is 4.92 Å². The van der Waals surface area contributed by atoms with Crippen molar-refractivity contribution in [2.24, 2.45) is 0 Å². The van der Waals surface area contributed by atoms with E-state index in [1.54, 1.807) is 24.3 Å². The number of pyridine rings is 1. The van der Waals surface area contributed by atoms with Crippen LogP contribution in [-0.4, -0.2) is 21.0 Å². The Kier molecular flexibility index (Phi) is 4.34. The van der Waals surface area contributed by atoms with Gasteiger partial charge >= 0.3 is 5.97 Å². The fourth-order valence-corrected chi connectivity index (χ4v) is 1.88. The quantitative estimate of drug-likeness (QED) is 0.650. The number of nitrogens with one attached hydrogen (secondary N) is 1. The Bertz CT molecular complexity index is 706. The maximum Gasteiger partial charge on any atom is 0.339 e. The van der Waals surface area contributed by atoms with E-state index < -0.39 is 10.9 Å². The zero-order valence-electron chi connectivity index (χ0n) is 10.6. The topological polar surface area (TPSA) is 105 Å². The molecule has 0 spiro atoms. The molecule has 0 saturated heterocycles. The van der Waals surface area contributed by atoms with E-state index in [0.29, 0.717) is 5.02 Å². The highest BCUT2D eigenvalue weighted by Gasteiger charge is 2.17. The Morgan fingerprint density at radius 1 is 1.43 bits per heavy atom. The summed E-state index contributed by atoms with van der Waals surface area (Å²) in [4.78, 5) is 24.9. The van der Waals surface area contributed by atoms with Crippen molar-refractivity contribution < 1.29 is 14.8 Å². The molecular formula is C13H10ClN3O4. The first-order valence-electron chi connectivity index (χ1n) is 5.84. The number of benzene rings is 1. The number of hydrogen-bond donors (Lipinski definition) is 2. The number of carboxylic acid groups (broad SMARTS) is 1. The first-order chi connectivity index (χ1) is 9.99. The van der Waals surface area contributed by atoms with Crippen LogP contribution < -0.4 is 5.32 Å².